The molecule has 0 aliphatic heterocycles. The summed E-state index contributed by atoms with van der Waals surface area (Å²) in [6.45, 7) is 0. The lowest BCUT2D eigenvalue weighted by Crippen LogP contribution is -2.23. The second kappa shape index (κ2) is 10.2. The number of aromatic nitrogens is 6. The van der Waals surface area contributed by atoms with Crippen molar-refractivity contribution in [2.24, 2.45) is 0 Å². The topological polar surface area (TPSA) is 101 Å². The van der Waals surface area contributed by atoms with Crippen LogP contribution in [0.25, 0.3) is 16.9 Å². The van der Waals surface area contributed by atoms with Crippen LogP contribution >= 0.6 is 0 Å². The number of benzene rings is 3. The normalized spacial score (nSPS) is 11.5. The van der Waals surface area contributed by atoms with E-state index in [1.54, 1.807) is 42.6 Å². The smallest absolute Gasteiger partial charge is 0.333 e. The highest BCUT2D eigenvalue weighted by Gasteiger charge is 2.31. The molecule has 0 aliphatic rings. The third kappa shape index (κ3) is 5.43. The summed E-state index contributed by atoms with van der Waals surface area (Å²) < 4.78 is 54.8. The Bertz CT molecular complexity index is 1600. The number of nitrogens with one attached hydrogen (secondary N) is 2. The van der Waals surface area contributed by atoms with Crippen LogP contribution in [0.1, 0.15) is 17.0 Å². The number of aromatic amines is 1. The summed E-state index contributed by atoms with van der Waals surface area (Å²) in [6, 6.07) is 18.3. The number of anilines is 2. The Morgan fingerprint density at radius 1 is 0.947 bits per heavy atom. The maximum atomic E-state index is 14.5. The van der Waals surface area contributed by atoms with Crippen molar-refractivity contribution in [3.8, 4) is 16.9 Å². The first-order chi connectivity index (χ1) is 18.3. The Morgan fingerprint density at radius 2 is 1.71 bits per heavy atom. The van der Waals surface area contributed by atoms with E-state index in [-0.39, 0.29) is 11.5 Å². The van der Waals surface area contributed by atoms with E-state index in [9.17, 15) is 22.4 Å². The number of rotatable bonds is 7. The molecule has 2 aromatic heterocycles. The fourth-order valence-corrected chi connectivity index (χ4v) is 3.80. The molecule has 192 valence electrons. The van der Waals surface area contributed by atoms with Gasteiger partial charge in [0.15, 0.2) is 11.6 Å². The minimum absolute atomic E-state index is 0.244. The Balaban J connectivity index is 1.51. The van der Waals surface area contributed by atoms with Crippen molar-refractivity contribution in [2.75, 3.05) is 5.32 Å². The lowest BCUT2D eigenvalue weighted by molar-refractivity contribution is -0.137. The molecule has 2 heterocycles. The van der Waals surface area contributed by atoms with Gasteiger partial charge in [-0.1, -0.05) is 47.7 Å². The Morgan fingerprint density at radius 3 is 2.37 bits per heavy atom. The molecule has 0 fully saturated rings. The van der Waals surface area contributed by atoms with Gasteiger partial charge in [-0.2, -0.15) is 18.4 Å². The minimum Gasteiger partial charge on any atom is -0.333 e. The second-order valence-electron chi connectivity index (χ2n) is 8.33. The van der Waals surface area contributed by atoms with E-state index in [2.05, 4.69) is 30.9 Å². The highest BCUT2D eigenvalue weighted by atomic mass is 19.4. The zero-order valence-electron chi connectivity index (χ0n) is 19.6. The van der Waals surface area contributed by atoms with Crippen LogP contribution in [0.2, 0.25) is 0 Å². The van der Waals surface area contributed by atoms with Crippen LogP contribution in [0, 0.1) is 5.82 Å². The summed E-state index contributed by atoms with van der Waals surface area (Å²) in [5, 5.41) is 16.4. The molecular weight excluding hydrogens is 502 g/mol. The fraction of sp³-hybridized carbons (Fsp3) is 0.115. The van der Waals surface area contributed by atoms with Gasteiger partial charge in [0.2, 0.25) is 0 Å². The van der Waals surface area contributed by atoms with Gasteiger partial charge in [0.25, 0.3) is 5.56 Å². The molecular formula is C26H19F4N7O. The van der Waals surface area contributed by atoms with Gasteiger partial charge in [-0.05, 0) is 42.3 Å². The van der Waals surface area contributed by atoms with E-state index in [0.717, 1.165) is 17.7 Å². The molecule has 0 unspecified atom stereocenters. The van der Waals surface area contributed by atoms with Gasteiger partial charge < -0.3 is 5.32 Å². The summed E-state index contributed by atoms with van der Waals surface area (Å²) >= 11 is 0. The highest BCUT2D eigenvalue weighted by Crippen LogP contribution is 2.32. The predicted octanol–water partition coefficient (Wildman–Crippen LogP) is 5.10. The van der Waals surface area contributed by atoms with Crippen molar-refractivity contribution in [3.05, 3.63) is 112 Å². The number of hydrogen-bond donors (Lipinski definition) is 2. The largest absolute Gasteiger partial charge is 0.416 e. The highest BCUT2D eigenvalue weighted by molar-refractivity contribution is 5.64. The Kier molecular flexibility index (Phi) is 6.69. The van der Waals surface area contributed by atoms with E-state index in [1.807, 2.05) is 18.2 Å². The minimum atomic E-state index is -4.70. The van der Waals surface area contributed by atoms with Crippen LogP contribution in [-0.4, -0.2) is 30.2 Å². The number of hydrogen-bond acceptors (Lipinski definition) is 6. The van der Waals surface area contributed by atoms with Crippen molar-refractivity contribution >= 4 is 11.5 Å². The molecule has 12 heteroatoms. The number of aryl methyl sites for hydroxylation is 2. The fourth-order valence-electron chi connectivity index (χ4n) is 3.80. The van der Waals surface area contributed by atoms with Gasteiger partial charge in [-0.25, -0.2) is 9.37 Å². The van der Waals surface area contributed by atoms with Crippen molar-refractivity contribution < 1.29 is 17.6 Å². The Hall–Kier alpha value is -4.87. The van der Waals surface area contributed by atoms with Crippen LogP contribution in [0.3, 0.4) is 0 Å². The van der Waals surface area contributed by atoms with Gasteiger partial charge in [0, 0.05) is 23.9 Å². The maximum Gasteiger partial charge on any atom is 0.416 e. The van der Waals surface area contributed by atoms with Crippen molar-refractivity contribution in [2.45, 2.75) is 19.0 Å². The van der Waals surface area contributed by atoms with Crippen LogP contribution in [-0.2, 0) is 19.0 Å². The quantitative estimate of drug-likeness (QED) is 0.289. The van der Waals surface area contributed by atoms with Crippen LogP contribution in [0.5, 0.6) is 0 Å². The van der Waals surface area contributed by atoms with Gasteiger partial charge >= 0.3 is 6.18 Å². The van der Waals surface area contributed by atoms with Crippen LogP contribution < -0.4 is 10.9 Å². The number of halogens is 4. The zero-order chi connectivity index (χ0) is 26.7. The van der Waals surface area contributed by atoms with Crippen molar-refractivity contribution in [3.63, 3.8) is 0 Å². The van der Waals surface area contributed by atoms with E-state index in [1.165, 1.54) is 4.57 Å². The third-order valence-corrected chi connectivity index (χ3v) is 5.77. The molecule has 0 radical (unpaired) electrons. The van der Waals surface area contributed by atoms with Gasteiger partial charge in [-0.3, -0.25) is 9.36 Å². The molecule has 0 spiro atoms. The molecule has 5 aromatic rings. The molecule has 0 saturated heterocycles. The molecule has 8 nitrogen and oxygen atoms in total. The number of alkyl halides is 3. The second-order valence-corrected chi connectivity index (χ2v) is 8.33. The first-order valence-corrected chi connectivity index (χ1v) is 11.4. The first-order valence-electron chi connectivity index (χ1n) is 11.4. The lowest BCUT2D eigenvalue weighted by atomic mass is 10.1. The molecule has 0 bridgehead atoms. The SMILES string of the molecule is O=c1c(Nc2ccc(C(F)(F)F)cc2F)nc(-c2ccccc2)cn1-c1ccc(CCc2nn[nH]n2)cc1. The summed E-state index contributed by atoms with van der Waals surface area (Å²) in [5.41, 5.74) is 0.543. The van der Waals surface area contributed by atoms with Gasteiger partial charge in [-0.15, -0.1) is 10.2 Å². The molecule has 2 N–H and O–H groups in total. The molecule has 0 saturated carbocycles. The van der Waals surface area contributed by atoms with E-state index in [0.29, 0.717) is 41.7 Å². The van der Waals surface area contributed by atoms with Gasteiger partial charge in [0.05, 0.1) is 16.9 Å². The number of tetrazole rings is 1. The van der Waals surface area contributed by atoms with Crippen LogP contribution in [0.15, 0.2) is 83.8 Å². The summed E-state index contributed by atoms with van der Waals surface area (Å²) in [4.78, 5) is 17.7. The molecule has 0 atom stereocenters. The standard InChI is InChI=1S/C26H19F4N7O/c27-20-14-18(26(28,29)30)9-12-21(20)31-24-25(38)37(15-22(32-24)17-4-2-1-3-5-17)19-10-6-16(7-11-19)8-13-23-33-35-36-34-23/h1-7,9-12,14-15H,8,13H2,(H,31,32)(H,33,34,35,36). The van der Waals surface area contributed by atoms with E-state index < -0.39 is 23.1 Å². The third-order valence-electron chi connectivity index (χ3n) is 5.77. The summed E-state index contributed by atoms with van der Waals surface area (Å²) in [6.07, 6.45) is -1.91. The molecule has 5 rings (SSSR count). The van der Waals surface area contributed by atoms with Crippen LogP contribution in [0.4, 0.5) is 29.1 Å². The number of nitrogens with zero attached hydrogens (tertiary/aromatic N) is 5. The average Bonchev–Trinajstić information content (AvgIpc) is 3.44. The summed E-state index contributed by atoms with van der Waals surface area (Å²) in [7, 11) is 0. The summed E-state index contributed by atoms with van der Waals surface area (Å²) in [5.74, 6) is -0.826. The monoisotopic (exact) mass is 521 g/mol. The first kappa shape index (κ1) is 24.8. The molecule has 3 aromatic carbocycles. The number of H-pyrrole nitrogens is 1. The average molecular weight is 521 g/mol. The van der Waals surface area contributed by atoms with Crippen molar-refractivity contribution in [1.29, 1.82) is 0 Å². The Labute approximate surface area is 213 Å². The van der Waals surface area contributed by atoms with E-state index in [4.69, 9.17) is 0 Å². The molecule has 0 aliphatic carbocycles. The van der Waals surface area contributed by atoms with Gasteiger partial charge in [0.1, 0.15) is 5.82 Å². The maximum absolute atomic E-state index is 14.5. The predicted molar refractivity (Wildman–Crippen MR) is 132 cm³/mol. The van der Waals surface area contributed by atoms with E-state index >= 15 is 0 Å². The molecule has 0 amide bonds. The zero-order valence-corrected chi connectivity index (χ0v) is 19.6. The molecule has 38 heavy (non-hydrogen) atoms. The van der Waals surface area contributed by atoms with Crippen molar-refractivity contribution in [1.82, 2.24) is 30.2 Å². The lowest BCUT2D eigenvalue weighted by Gasteiger charge is -2.14.